The molecular weight excluding hydrogens is 363 g/mol. The Bertz CT molecular complexity index is 291. The summed E-state index contributed by atoms with van der Waals surface area (Å²) in [5.41, 5.74) is 0. The molecule has 0 N–H and O–H groups in total. The summed E-state index contributed by atoms with van der Waals surface area (Å²) in [6.07, 6.45) is 12.6. The van der Waals surface area contributed by atoms with Crippen molar-refractivity contribution in [3.8, 4) is 0 Å². The number of ketones is 1. The summed E-state index contributed by atoms with van der Waals surface area (Å²) in [6, 6.07) is 0. The van der Waals surface area contributed by atoms with Gasteiger partial charge in [0.05, 0.1) is 0 Å². The minimum atomic E-state index is -2.25. The Morgan fingerprint density at radius 1 is 0.952 bits per heavy atom. The maximum atomic E-state index is 12.2. The first-order valence-corrected chi connectivity index (χ1v) is 17.0. The van der Waals surface area contributed by atoms with Crippen molar-refractivity contribution in [1.29, 1.82) is 0 Å². The van der Waals surface area contributed by atoms with Crippen LogP contribution in [0.5, 0.6) is 0 Å². The van der Waals surface area contributed by atoms with Crippen molar-refractivity contribution in [2.75, 3.05) is 0 Å². The van der Waals surface area contributed by atoms with Gasteiger partial charge >= 0.3 is 138 Å². The average molecular weight is 401 g/mol. The fourth-order valence-corrected chi connectivity index (χ4v) is 24.3. The van der Waals surface area contributed by atoms with E-state index in [9.17, 15) is 4.79 Å². The molecule has 1 aliphatic carbocycles. The molecule has 0 bridgehead atoms. The average Bonchev–Trinajstić information content (AvgIpc) is 2.46. The van der Waals surface area contributed by atoms with Gasteiger partial charge in [0.15, 0.2) is 0 Å². The molecule has 2 heteroatoms. The van der Waals surface area contributed by atoms with Crippen LogP contribution in [0.25, 0.3) is 0 Å². The third-order valence-electron chi connectivity index (χ3n) is 6.08. The summed E-state index contributed by atoms with van der Waals surface area (Å²) in [7, 11) is 0. The number of hydrogen-bond donors (Lipinski definition) is 0. The molecule has 0 radical (unpaired) electrons. The van der Waals surface area contributed by atoms with Crippen molar-refractivity contribution in [2.45, 2.75) is 109 Å². The molecule has 0 aliphatic heterocycles. The number of unbranched alkanes of at least 4 members (excludes halogenated alkanes) is 3. The van der Waals surface area contributed by atoms with Crippen LogP contribution in [0.15, 0.2) is 0 Å². The van der Waals surface area contributed by atoms with Gasteiger partial charge in [-0.25, -0.2) is 0 Å². The summed E-state index contributed by atoms with van der Waals surface area (Å²) in [5, 5.41) is 0. The maximum absolute atomic E-state index is 12.2. The molecule has 1 rings (SSSR count). The number of carbonyl (C=O) groups is 1. The van der Waals surface area contributed by atoms with Gasteiger partial charge in [-0.1, -0.05) is 0 Å². The molecule has 124 valence electrons. The van der Waals surface area contributed by atoms with Gasteiger partial charge in [-0.3, -0.25) is 0 Å². The molecule has 1 fully saturated rings. The van der Waals surface area contributed by atoms with Gasteiger partial charge in [0.1, 0.15) is 0 Å². The zero-order valence-corrected chi connectivity index (χ0v) is 18.0. The molecule has 0 aromatic carbocycles. The zero-order valence-electron chi connectivity index (χ0n) is 15.1. The van der Waals surface area contributed by atoms with Gasteiger partial charge in [-0.05, 0) is 0 Å². The third kappa shape index (κ3) is 5.25. The molecule has 21 heavy (non-hydrogen) atoms. The summed E-state index contributed by atoms with van der Waals surface area (Å²) in [5.74, 6) is 0.578. The second-order valence-corrected chi connectivity index (χ2v) is 22.8. The molecule has 1 unspecified atom stereocenters. The molecule has 1 nitrogen and oxygen atoms in total. The second kappa shape index (κ2) is 9.57. The van der Waals surface area contributed by atoms with Gasteiger partial charge in [0, 0.05) is 0 Å². The molecule has 0 heterocycles. The molecule has 0 saturated heterocycles. The van der Waals surface area contributed by atoms with Crippen LogP contribution in [-0.4, -0.2) is 24.2 Å². The van der Waals surface area contributed by atoms with E-state index in [-0.39, 0.29) is 0 Å². The van der Waals surface area contributed by atoms with Crippen molar-refractivity contribution in [3.05, 3.63) is 0 Å². The first-order valence-electron chi connectivity index (χ1n) is 9.55. The van der Waals surface area contributed by atoms with Gasteiger partial charge in [0.2, 0.25) is 0 Å². The van der Waals surface area contributed by atoms with Crippen molar-refractivity contribution in [1.82, 2.24) is 0 Å². The topological polar surface area (TPSA) is 17.1 Å². The van der Waals surface area contributed by atoms with Crippen molar-refractivity contribution < 1.29 is 4.79 Å². The predicted octanol–water partition coefficient (Wildman–Crippen LogP) is 6.74. The predicted molar refractivity (Wildman–Crippen MR) is 96.7 cm³/mol. The standard InChI is InChI=1S/C7H11O.3C4H9.Sn/c1-6-3-2-4-7(8)5-6;3*1-3-4-2;/h2-5H2,1H3;3*1,3-4H2,2H3;. The fourth-order valence-electron chi connectivity index (χ4n) is 4.57. The van der Waals surface area contributed by atoms with Crippen LogP contribution in [0, 0.1) is 0 Å². The zero-order chi connectivity index (χ0) is 15.8. The Kier molecular flexibility index (Phi) is 8.90. The Morgan fingerprint density at radius 3 is 1.81 bits per heavy atom. The van der Waals surface area contributed by atoms with Crippen LogP contribution in [0.2, 0.25) is 16.7 Å². The molecule has 0 aromatic heterocycles. The van der Waals surface area contributed by atoms with E-state index < -0.39 is 18.4 Å². The van der Waals surface area contributed by atoms with Gasteiger partial charge < -0.3 is 0 Å². The minimum absolute atomic E-state index is 0.476. The molecule has 1 aliphatic rings. The summed E-state index contributed by atoms with van der Waals surface area (Å²) < 4.78 is 5.13. The summed E-state index contributed by atoms with van der Waals surface area (Å²) in [6.45, 7) is 9.56. The normalized spacial score (nSPS) is 23.5. The number of rotatable bonds is 10. The number of hydrogen-bond acceptors (Lipinski definition) is 1. The number of Topliss-reactive ketones (excluding diaryl/α,β-unsaturated/α-hetero) is 1. The second-order valence-electron chi connectivity index (χ2n) is 7.72. The van der Waals surface area contributed by atoms with Crippen molar-refractivity contribution >= 4 is 24.2 Å². The van der Waals surface area contributed by atoms with Crippen LogP contribution in [0.3, 0.4) is 0 Å². The van der Waals surface area contributed by atoms with Crippen LogP contribution in [-0.2, 0) is 4.79 Å². The third-order valence-corrected chi connectivity index (χ3v) is 25.8. The van der Waals surface area contributed by atoms with Gasteiger partial charge in [-0.2, -0.15) is 0 Å². The summed E-state index contributed by atoms with van der Waals surface area (Å²) in [4.78, 5) is 12.2. The van der Waals surface area contributed by atoms with Crippen molar-refractivity contribution in [3.63, 3.8) is 0 Å². The van der Waals surface area contributed by atoms with E-state index in [2.05, 4.69) is 27.7 Å². The molecular formula is C19H38OSn. The summed E-state index contributed by atoms with van der Waals surface area (Å²) >= 11 is -2.25. The Balaban J connectivity index is 3.00. The first kappa shape index (κ1) is 19.5. The van der Waals surface area contributed by atoms with Gasteiger partial charge in [-0.15, -0.1) is 0 Å². The number of carbonyl (C=O) groups excluding carboxylic acids is 1. The first-order chi connectivity index (χ1) is 10.0. The van der Waals surface area contributed by atoms with E-state index >= 15 is 0 Å². The van der Waals surface area contributed by atoms with Crippen LogP contribution >= 0.6 is 0 Å². The van der Waals surface area contributed by atoms with Crippen molar-refractivity contribution in [2.24, 2.45) is 0 Å². The molecule has 1 saturated carbocycles. The van der Waals surface area contributed by atoms with Crippen LogP contribution in [0.1, 0.15) is 91.9 Å². The van der Waals surface area contributed by atoms with Gasteiger partial charge in [0.25, 0.3) is 0 Å². The van der Waals surface area contributed by atoms with Crippen LogP contribution in [0.4, 0.5) is 0 Å². The van der Waals surface area contributed by atoms with E-state index in [1.807, 2.05) is 0 Å². The molecule has 0 amide bonds. The van der Waals surface area contributed by atoms with E-state index in [1.54, 1.807) is 13.3 Å². The van der Waals surface area contributed by atoms with E-state index in [4.69, 9.17) is 0 Å². The van der Waals surface area contributed by atoms with Crippen LogP contribution < -0.4 is 0 Å². The molecule has 0 aromatic rings. The molecule has 0 spiro atoms. The fraction of sp³-hybridized carbons (Fsp3) is 0.947. The SMILES string of the molecule is CCC[CH2][Sn]([CH2]CCC)([CH2]CCC)[C]1(C)CCCC(=O)C1. The Morgan fingerprint density at radius 2 is 1.43 bits per heavy atom. The Hall–Kier alpha value is 0.469. The Labute approximate surface area is 137 Å². The van der Waals surface area contributed by atoms with E-state index in [0.717, 1.165) is 12.8 Å². The molecule has 1 atom stereocenters. The monoisotopic (exact) mass is 402 g/mol. The quantitative estimate of drug-likeness (QED) is 0.371. The van der Waals surface area contributed by atoms with E-state index in [1.165, 1.54) is 51.4 Å². The van der Waals surface area contributed by atoms with E-state index in [0.29, 0.717) is 9.21 Å².